The number of amides is 1. The number of carbonyl (C=O) groups is 1. The second kappa shape index (κ2) is 9.71. The van der Waals surface area contributed by atoms with Gasteiger partial charge >= 0.3 is 0 Å². The Morgan fingerprint density at radius 1 is 1.27 bits per heavy atom. The van der Waals surface area contributed by atoms with Gasteiger partial charge in [0.2, 0.25) is 0 Å². The molecule has 158 valence electrons. The van der Waals surface area contributed by atoms with Gasteiger partial charge < -0.3 is 9.84 Å². The first-order chi connectivity index (χ1) is 14.3. The molecule has 1 amide bonds. The molecule has 0 bridgehead atoms. The van der Waals surface area contributed by atoms with Gasteiger partial charge in [0, 0.05) is 6.04 Å². The summed E-state index contributed by atoms with van der Waals surface area (Å²) in [6.07, 6.45) is 2.64. The lowest BCUT2D eigenvalue weighted by Gasteiger charge is -2.22. The average molecular weight is 489 g/mol. The van der Waals surface area contributed by atoms with Crippen LogP contribution in [0.5, 0.6) is 11.5 Å². The predicted octanol–water partition coefficient (Wildman–Crippen LogP) is 6.26. The number of phenolic OH excluding ortho intramolecular Hbond substituents is 1. The molecule has 0 aromatic heterocycles. The van der Waals surface area contributed by atoms with Gasteiger partial charge in [-0.05, 0) is 90.8 Å². The van der Waals surface area contributed by atoms with E-state index >= 15 is 0 Å². The molecule has 1 heterocycles. The van der Waals surface area contributed by atoms with Crippen LogP contribution in [-0.2, 0) is 4.79 Å². The fourth-order valence-corrected chi connectivity index (χ4v) is 4.51. The minimum absolute atomic E-state index is 0.0330. The number of rotatable bonds is 6. The number of hydrogen-bond acceptors (Lipinski definition) is 5. The lowest BCUT2D eigenvalue weighted by Crippen LogP contribution is -2.36. The first kappa shape index (κ1) is 22.4. The Kier molecular flexibility index (Phi) is 7.26. The molecule has 1 atom stereocenters. The van der Waals surface area contributed by atoms with Crippen LogP contribution in [0, 0.1) is 6.92 Å². The molecule has 0 unspecified atom stereocenters. The third kappa shape index (κ3) is 4.90. The Bertz CT molecular complexity index is 1000. The number of aryl methyl sites for hydroxylation is 1. The van der Waals surface area contributed by atoms with Crippen molar-refractivity contribution in [2.24, 2.45) is 4.99 Å². The number of halogens is 1. The summed E-state index contributed by atoms with van der Waals surface area (Å²) in [5.41, 5.74) is 2.74. The van der Waals surface area contributed by atoms with Crippen LogP contribution in [-0.4, -0.2) is 33.7 Å². The highest BCUT2D eigenvalue weighted by Gasteiger charge is 2.36. The molecule has 1 fully saturated rings. The molecule has 3 rings (SSSR count). The largest absolute Gasteiger partial charge is 0.503 e. The van der Waals surface area contributed by atoms with E-state index in [-0.39, 0.29) is 17.7 Å². The van der Waals surface area contributed by atoms with Crippen molar-refractivity contribution < 1.29 is 14.6 Å². The van der Waals surface area contributed by atoms with Crippen molar-refractivity contribution in [3.63, 3.8) is 0 Å². The van der Waals surface area contributed by atoms with E-state index in [0.29, 0.717) is 26.9 Å². The van der Waals surface area contributed by atoms with Crippen LogP contribution in [0.1, 0.15) is 38.3 Å². The van der Waals surface area contributed by atoms with Crippen molar-refractivity contribution in [2.45, 2.75) is 40.2 Å². The number of carbonyl (C=O) groups excluding carboxylic acids is 1. The van der Waals surface area contributed by atoms with Crippen LogP contribution in [0.3, 0.4) is 0 Å². The van der Waals surface area contributed by atoms with Crippen molar-refractivity contribution in [2.75, 3.05) is 6.61 Å². The molecule has 1 aliphatic rings. The number of aromatic hydroxyl groups is 1. The van der Waals surface area contributed by atoms with E-state index in [0.717, 1.165) is 23.2 Å². The summed E-state index contributed by atoms with van der Waals surface area (Å²) in [6, 6.07) is 11.5. The number of amidine groups is 1. The maximum absolute atomic E-state index is 13.2. The van der Waals surface area contributed by atoms with Crippen LogP contribution >= 0.6 is 27.7 Å². The number of hydrogen-bond donors (Lipinski definition) is 1. The number of benzene rings is 2. The van der Waals surface area contributed by atoms with Gasteiger partial charge in [-0.15, -0.1) is 0 Å². The van der Waals surface area contributed by atoms with E-state index < -0.39 is 0 Å². The normalized spacial score (nSPS) is 17.8. The minimum atomic E-state index is -0.0673. The second-order valence-electron chi connectivity index (χ2n) is 7.06. The summed E-state index contributed by atoms with van der Waals surface area (Å²) in [4.78, 5) is 20.3. The summed E-state index contributed by atoms with van der Waals surface area (Å²) in [5, 5.41) is 10.8. The monoisotopic (exact) mass is 488 g/mol. The summed E-state index contributed by atoms with van der Waals surface area (Å²) >= 11 is 4.72. The molecule has 1 saturated heterocycles. The maximum atomic E-state index is 13.2. The van der Waals surface area contributed by atoms with Gasteiger partial charge in [0.05, 0.1) is 21.7 Å². The van der Waals surface area contributed by atoms with Gasteiger partial charge in [0.25, 0.3) is 5.91 Å². The van der Waals surface area contributed by atoms with Gasteiger partial charge in [-0.1, -0.05) is 24.6 Å². The zero-order chi connectivity index (χ0) is 21.8. The molecule has 1 N–H and O–H groups in total. The molecule has 0 aliphatic carbocycles. The van der Waals surface area contributed by atoms with E-state index in [1.807, 2.05) is 51.1 Å². The van der Waals surface area contributed by atoms with Crippen molar-refractivity contribution >= 4 is 50.5 Å². The Labute approximate surface area is 190 Å². The van der Waals surface area contributed by atoms with Crippen molar-refractivity contribution in [1.29, 1.82) is 0 Å². The van der Waals surface area contributed by atoms with Crippen LogP contribution in [0.4, 0.5) is 5.69 Å². The Hall–Kier alpha value is -2.25. The summed E-state index contributed by atoms with van der Waals surface area (Å²) < 4.78 is 6.02. The smallest absolute Gasteiger partial charge is 0.266 e. The van der Waals surface area contributed by atoms with Crippen molar-refractivity contribution in [3.05, 3.63) is 56.9 Å². The highest BCUT2D eigenvalue weighted by Crippen LogP contribution is 2.39. The quantitative estimate of drug-likeness (QED) is 0.487. The highest BCUT2D eigenvalue weighted by atomic mass is 79.9. The fourth-order valence-electron chi connectivity index (χ4n) is 2.96. The summed E-state index contributed by atoms with van der Waals surface area (Å²) in [6.45, 7) is 8.40. The first-order valence-electron chi connectivity index (χ1n) is 9.87. The lowest BCUT2D eigenvalue weighted by atomic mass is 10.1. The van der Waals surface area contributed by atoms with Crippen molar-refractivity contribution in [3.8, 4) is 11.5 Å². The molecular formula is C23H25BrN2O3S. The average Bonchev–Trinajstić information content (AvgIpc) is 3.02. The van der Waals surface area contributed by atoms with Gasteiger partial charge in [-0.3, -0.25) is 9.69 Å². The zero-order valence-electron chi connectivity index (χ0n) is 17.5. The Balaban J connectivity index is 2.00. The number of thioether (sulfide) groups is 1. The number of phenols is 1. The Morgan fingerprint density at radius 2 is 1.97 bits per heavy atom. The zero-order valence-corrected chi connectivity index (χ0v) is 19.9. The van der Waals surface area contributed by atoms with E-state index in [1.54, 1.807) is 17.0 Å². The van der Waals surface area contributed by atoms with Gasteiger partial charge in [-0.25, -0.2) is 4.99 Å². The molecule has 0 saturated carbocycles. The molecule has 2 aromatic rings. The first-order valence-corrected chi connectivity index (χ1v) is 11.5. The standard InChI is InChI=1S/C23H25BrN2O3S/c1-5-15(4)26-22(28)20(30-23(26)25-17-9-7-14(3)8-10-17)13-16-11-18(24)21(27)19(12-16)29-6-2/h7-13,15,27H,5-6H2,1-4H3/b20-13+,25-23?/t15-/m1/s1. The van der Waals surface area contributed by atoms with E-state index in [4.69, 9.17) is 9.73 Å². The molecule has 2 aromatic carbocycles. The van der Waals surface area contributed by atoms with Crippen molar-refractivity contribution in [1.82, 2.24) is 4.90 Å². The number of ether oxygens (including phenoxy) is 1. The third-order valence-electron chi connectivity index (χ3n) is 4.78. The van der Waals surface area contributed by atoms with Crippen LogP contribution in [0.15, 0.2) is 50.8 Å². The number of aliphatic imine (C=N–C) groups is 1. The highest BCUT2D eigenvalue weighted by molar-refractivity contribution is 9.10. The van der Waals surface area contributed by atoms with Gasteiger partial charge in [0.15, 0.2) is 16.7 Å². The lowest BCUT2D eigenvalue weighted by molar-refractivity contribution is -0.123. The topological polar surface area (TPSA) is 62.1 Å². The van der Waals surface area contributed by atoms with E-state index in [2.05, 4.69) is 22.9 Å². The predicted molar refractivity (Wildman–Crippen MR) is 127 cm³/mol. The minimum Gasteiger partial charge on any atom is -0.503 e. The molecular weight excluding hydrogens is 464 g/mol. The van der Waals surface area contributed by atoms with Gasteiger partial charge in [-0.2, -0.15) is 0 Å². The van der Waals surface area contributed by atoms with Gasteiger partial charge in [0.1, 0.15) is 0 Å². The van der Waals surface area contributed by atoms with Crippen LogP contribution < -0.4 is 4.74 Å². The molecule has 30 heavy (non-hydrogen) atoms. The second-order valence-corrected chi connectivity index (χ2v) is 8.92. The molecule has 1 aliphatic heterocycles. The fraction of sp³-hybridized carbons (Fsp3) is 0.304. The molecule has 0 radical (unpaired) electrons. The SMILES string of the molecule is CCOc1cc(/C=C2/SC(=Nc3ccc(C)cc3)N([C@H](C)CC)C2=O)cc(Br)c1O. The number of nitrogens with zero attached hydrogens (tertiary/aromatic N) is 2. The Morgan fingerprint density at radius 3 is 2.60 bits per heavy atom. The maximum Gasteiger partial charge on any atom is 0.266 e. The molecule has 0 spiro atoms. The molecule has 7 heteroatoms. The van der Waals surface area contributed by atoms with Crippen LogP contribution in [0.2, 0.25) is 0 Å². The third-order valence-corrected chi connectivity index (χ3v) is 6.36. The van der Waals surface area contributed by atoms with E-state index in [1.165, 1.54) is 11.8 Å². The summed E-state index contributed by atoms with van der Waals surface area (Å²) in [7, 11) is 0. The summed E-state index contributed by atoms with van der Waals surface area (Å²) in [5.74, 6) is 0.358. The molecule has 5 nitrogen and oxygen atoms in total. The van der Waals surface area contributed by atoms with Crippen LogP contribution in [0.25, 0.3) is 6.08 Å². The van der Waals surface area contributed by atoms with E-state index in [9.17, 15) is 9.90 Å².